The van der Waals surface area contributed by atoms with E-state index in [9.17, 15) is 0 Å². The fourth-order valence-electron chi connectivity index (χ4n) is 5.83. The zero-order chi connectivity index (χ0) is 27.5. The third-order valence-electron chi connectivity index (χ3n) is 7.80. The van der Waals surface area contributed by atoms with Crippen LogP contribution in [0.1, 0.15) is 0 Å². The summed E-state index contributed by atoms with van der Waals surface area (Å²) in [5.74, 6) is 0. The fourth-order valence-corrected chi connectivity index (χ4v) is 5.83. The molecule has 0 radical (unpaired) electrons. The Morgan fingerprint density at radius 1 is 0.512 bits per heavy atom. The average Bonchev–Trinajstić information content (AvgIpc) is 3.73. The lowest BCUT2D eigenvalue weighted by atomic mass is 9.98. The van der Waals surface area contributed by atoms with Crippen LogP contribution in [0.15, 0.2) is 144 Å². The third-order valence-corrected chi connectivity index (χ3v) is 7.80. The zero-order valence-electron chi connectivity index (χ0n) is 22.2. The lowest BCUT2D eigenvalue weighted by molar-refractivity contribution is 0.664. The van der Waals surface area contributed by atoms with Gasteiger partial charge in [0, 0.05) is 39.5 Å². The van der Waals surface area contributed by atoms with Crippen molar-refractivity contribution >= 4 is 60.3 Å². The molecule has 4 aromatic heterocycles. The summed E-state index contributed by atoms with van der Waals surface area (Å²) in [5, 5.41) is 6.73. The maximum atomic E-state index is 6.27. The van der Waals surface area contributed by atoms with Crippen LogP contribution in [0.5, 0.6) is 0 Å². The monoisotopic (exact) mass is 528 g/mol. The lowest BCUT2D eigenvalue weighted by Crippen LogP contribution is -1.82. The van der Waals surface area contributed by atoms with E-state index >= 15 is 0 Å². The Hall–Kier alpha value is -5.61. The number of rotatable bonds is 2. The summed E-state index contributed by atoms with van der Waals surface area (Å²) in [6, 6.07) is 38.0. The van der Waals surface area contributed by atoms with E-state index in [1.54, 1.807) is 0 Å². The summed E-state index contributed by atoms with van der Waals surface area (Å²) in [7, 11) is 0. The molecule has 0 fully saturated rings. The quantitative estimate of drug-likeness (QED) is 0.210. The van der Waals surface area contributed by atoms with Crippen LogP contribution in [-0.2, 0) is 0 Å². The molecule has 0 spiro atoms. The number of para-hydroxylation sites is 1. The van der Waals surface area contributed by atoms with Crippen molar-refractivity contribution in [1.82, 2.24) is 9.38 Å². The molecule has 0 unspecified atom stereocenters. The molecule has 9 rings (SSSR count). The Kier molecular flexibility index (Phi) is 5.09. The van der Waals surface area contributed by atoms with Crippen LogP contribution in [0.4, 0.5) is 0 Å². The van der Waals surface area contributed by atoms with Gasteiger partial charge in [-0.2, -0.15) is 0 Å². The summed E-state index contributed by atoms with van der Waals surface area (Å²) in [6.07, 6.45) is 4.10. The number of hydrogen-bond acceptors (Lipinski definition) is 3. The molecular formula is C37H24N2O2. The minimum atomic E-state index is 0.874. The third kappa shape index (κ3) is 3.65. The van der Waals surface area contributed by atoms with E-state index in [0.717, 1.165) is 66.3 Å². The Morgan fingerprint density at radius 3 is 1.93 bits per heavy atom. The standard InChI is InChI=1S/C35H20N2O2.C2H4/c1-2-6-31-26(5-1)28-18-34-29(19-33(28)38-31)27-17-24(12-13-32(27)39-34)22-8-9-23-16-25(11-10-21(23)15-22)30-20-37-14-4-3-7-35(37)36-30;1-2/h1-20H;1-2H2. The minimum Gasteiger partial charge on any atom is -0.456 e. The van der Waals surface area contributed by atoms with Crippen LogP contribution in [0.25, 0.3) is 82.7 Å². The van der Waals surface area contributed by atoms with E-state index in [0.29, 0.717) is 0 Å². The second kappa shape index (κ2) is 8.97. The highest BCUT2D eigenvalue weighted by atomic mass is 16.3. The second-order valence-electron chi connectivity index (χ2n) is 10.1. The summed E-state index contributed by atoms with van der Waals surface area (Å²) >= 11 is 0. The molecule has 4 heteroatoms. The number of pyridine rings is 1. The SMILES string of the molecule is C=C.c1ccc2c(c1)oc1cc3c(cc12)oc1ccc(-c2ccc4cc(-c5cn6ccccc6n5)ccc4c2)cc13. The van der Waals surface area contributed by atoms with Crippen molar-refractivity contribution in [3.63, 3.8) is 0 Å². The number of benzene rings is 5. The number of aromatic nitrogens is 2. The van der Waals surface area contributed by atoms with Crippen molar-refractivity contribution in [1.29, 1.82) is 0 Å². The molecule has 4 heterocycles. The van der Waals surface area contributed by atoms with Gasteiger partial charge in [0.25, 0.3) is 0 Å². The largest absolute Gasteiger partial charge is 0.456 e. The van der Waals surface area contributed by atoms with E-state index in [2.05, 4.69) is 96.6 Å². The first-order chi connectivity index (χ1) is 20.3. The van der Waals surface area contributed by atoms with Gasteiger partial charge in [-0.1, -0.05) is 54.6 Å². The van der Waals surface area contributed by atoms with Crippen molar-refractivity contribution in [2.75, 3.05) is 0 Å². The second-order valence-corrected chi connectivity index (χ2v) is 10.1. The van der Waals surface area contributed by atoms with Gasteiger partial charge >= 0.3 is 0 Å². The molecule has 0 amide bonds. The first-order valence-electron chi connectivity index (χ1n) is 13.5. The van der Waals surface area contributed by atoms with Crippen LogP contribution in [0, 0.1) is 0 Å². The maximum absolute atomic E-state index is 6.27. The summed E-state index contributed by atoms with van der Waals surface area (Å²) in [6.45, 7) is 6.00. The van der Waals surface area contributed by atoms with Gasteiger partial charge in [0.2, 0.25) is 0 Å². The van der Waals surface area contributed by atoms with Crippen molar-refractivity contribution in [3.05, 3.63) is 135 Å². The normalized spacial score (nSPS) is 11.6. The first kappa shape index (κ1) is 23.3. The summed E-state index contributed by atoms with van der Waals surface area (Å²) in [4.78, 5) is 4.78. The van der Waals surface area contributed by atoms with Crippen LogP contribution < -0.4 is 0 Å². The number of nitrogens with zero attached hydrogens (tertiary/aromatic N) is 2. The van der Waals surface area contributed by atoms with Gasteiger partial charge in [0.05, 0.1) is 5.69 Å². The topological polar surface area (TPSA) is 43.6 Å². The van der Waals surface area contributed by atoms with Gasteiger partial charge < -0.3 is 13.2 Å². The summed E-state index contributed by atoms with van der Waals surface area (Å²) < 4.78 is 14.5. The smallest absolute Gasteiger partial charge is 0.137 e. The number of hydrogen-bond donors (Lipinski definition) is 0. The van der Waals surface area contributed by atoms with Crippen LogP contribution in [0.2, 0.25) is 0 Å². The zero-order valence-corrected chi connectivity index (χ0v) is 22.2. The molecule has 194 valence electrons. The van der Waals surface area contributed by atoms with Gasteiger partial charge in [-0.25, -0.2) is 4.98 Å². The molecule has 0 atom stereocenters. The Bertz CT molecular complexity index is 2390. The predicted molar refractivity (Wildman–Crippen MR) is 169 cm³/mol. The number of imidazole rings is 1. The molecule has 4 nitrogen and oxygen atoms in total. The van der Waals surface area contributed by atoms with Crippen molar-refractivity contribution < 1.29 is 8.83 Å². The fraction of sp³-hybridized carbons (Fsp3) is 0. The van der Waals surface area contributed by atoms with E-state index in [4.69, 9.17) is 13.8 Å². The van der Waals surface area contributed by atoms with E-state index < -0.39 is 0 Å². The van der Waals surface area contributed by atoms with Gasteiger partial charge in [-0.15, -0.1) is 13.2 Å². The van der Waals surface area contributed by atoms with Gasteiger partial charge in [0.1, 0.15) is 28.0 Å². The van der Waals surface area contributed by atoms with Gasteiger partial charge in [-0.05, 0) is 76.5 Å². The Labute approximate surface area is 235 Å². The van der Waals surface area contributed by atoms with Crippen molar-refractivity contribution in [2.24, 2.45) is 0 Å². The predicted octanol–water partition coefficient (Wildman–Crippen LogP) is 10.4. The molecule has 0 N–H and O–H groups in total. The first-order valence-corrected chi connectivity index (χ1v) is 13.5. The summed E-state index contributed by atoms with van der Waals surface area (Å²) in [5.41, 5.74) is 8.89. The molecule has 0 bridgehead atoms. The van der Waals surface area contributed by atoms with Crippen molar-refractivity contribution in [2.45, 2.75) is 0 Å². The van der Waals surface area contributed by atoms with Crippen LogP contribution >= 0.6 is 0 Å². The highest BCUT2D eigenvalue weighted by molar-refractivity contribution is 6.15. The molecular weight excluding hydrogens is 504 g/mol. The molecule has 9 aromatic rings. The van der Waals surface area contributed by atoms with Gasteiger partial charge in [0.15, 0.2) is 0 Å². The lowest BCUT2D eigenvalue weighted by Gasteiger charge is -2.06. The highest BCUT2D eigenvalue weighted by Crippen LogP contribution is 2.38. The van der Waals surface area contributed by atoms with Crippen LogP contribution in [-0.4, -0.2) is 9.38 Å². The Morgan fingerprint density at radius 2 is 1.12 bits per heavy atom. The highest BCUT2D eigenvalue weighted by Gasteiger charge is 2.14. The number of fused-ring (bicyclic) bond motifs is 8. The molecule has 0 aliphatic rings. The molecule has 0 aliphatic carbocycles. The van der Waals surface area contributed by atoms with E-state index in [1.165, 1.54) is 16.3 Å². The van der Waals surface area contributed by atoms with E-state index in [-0.39, 0.29) is 0 Å². The minimum absolute atomic E-state index is 0.874. The molecule has 0 aliphatic heterocycles. The molecule has 0 saturated heterocycles. The maximum Gasteiger partial charge on any atom is 0.137 e. The average molecular weight is 529 g/mol. The molecule has 5 aromatic carbocycles. The van der Waals surface area contributed by atoms with Crippen LogP contribution in [0.3, 0.4) is 0 Å². The number of furan rings is 2. The molecule has 41 heavy (non-hydrogen) atoms. The molecule has 0 saturated carbocycles. The Balaban J connectivity index is 0.00000125. The van der Waals surface area contributed by atoms with Crippen molar-refractivity contribution in [3.8, 4) is 22.4 Å². The van der Waals surface area contributed by atoms with E-state index in [1.807, 2.05) is 42.6 Å². The van der Waals surface area contributed by atoms with Gasteiger partial charge in [-0.3, -0.25) is 0 Å².